The molecule has 0 spiro atoms. The number of hydrogen-bond acceptors (Lipinski definition) is 3. The number of carbonyl (C=O) groups excluding carboxylic acids is 1. The summed E-state index contributed by atoms with van der Waals surface area (Å²) in [7, 11) is 0. The number of amides is 1. The van der Waals surface area contributed by atoms with Crippen LogP contribution in [0.4, 0.5) is 0 Å². The molecular formula is C19H26N2O2. The largest absolute Gasteiger partial charge is 0.493 e. The lowest BCUT2D eigenvalue weighted by molar-refractivity contribution is -0.133. The number of carbonyl (C=O) groups is 1. The van der Waals surface area contributed by atoms with E-state index < -0.39 is 5.92 Å². The second kappa shape index (κ2) is 9.19. The van der Waals surface area contributed by atoms with E-state index in [1.165, 1.54) is 12.8 Å². The number of para-hydroxylation sites is 1. The lowest BCUT2D eigenvalue weighted by Crippen LogP contribution is -2.36. The summed E-state index contributed by atoms with van der Waals surface area (Å²) in [6.07, 6.45) is 5.76. The SMILES string of the molecule is Cc1ccccc1OCCCC(C#N)C(=O)N1CCCCCC1. The molecule has 1 saturated heterocycles. The molecule has 23 heavy (non-hydrogen) atoms. The monoisotopic (exact) mass is 314 g/mol. The van der Waals surface area contributed by atoms with Crippen LogP contribution in [0.3, 0.4) is 0 Å². The third-order valence-electron chi connectivity index (χ3n) is 4.36. The molecule has 1 fully saturated rings. The van der Waals surface area contributed by atoms with Gasteiger partial charge in [0.1, 0.15) is 11.7 Å². The Labute approximate surface area is 139 Å². The van der Waals surface area contributed by atoms with Gasteiger partial charge in [0.2, 0.25) is 5.91 Å². The summed E-state index contributed by atoms with van der Waals surface area (Å²) in [5.74, 6) is 0.346. The van der Waals surface area contributed by atoms with Crippen molar-refractivity contribution < 1.29 is 9.53 Å². The van der Waals surface area contributed by atoms with Crippen LogP contribution in [0.2, 0.25) is 0 Å². The molecule has 124 valence electrons. The standard InChI is InChI=1S/C19H26N2O2/c1-16-9-4-5-11-18(16)23-14-8-10-17(15-20)19(22)21-12-6-2-3-7-13-21/h4-5,9,11,17H,2-3,6-8,10,12-14H2,1H3. The fraction of sp³-hybridized carbons (Fsp3) is 0.579. The van der Waals surface area contributed by atoms with Gasteiger partial charge in [0.15, 0.2) is 0 Å². The third-order valence-corrected chi connectivity index (χ3v) is 4.36. The number of nitrogens with zero attached hydrogens (tertiary/aromatic N) is 2. The minimum Gasteiger partial charge on any atom is -0.493 e. The van der Waals surface area contributed by atoms with E-state index in [4.69, 9.17) is 4.74 Å². The molecule has 0 bridgehead atoms. The smallest absolute Gasteiger partial charge is 0.239 e. The summed E-state index contributed by atoms with van der Waals surface area (Å²) in [5.41, 5.74) is 1.10. The molecule has 1 aromatic rings. The van der Waals surface area contributed by atoms with Crippen molar-refractivity contribution in [1.82, 2.24) is 4.90 Å². The predicted octanol–water partition coefficient (Wildman–Crippen LogP) is 3.70. The highest BCUT2D eigenvalue weighted by atomic mass is 16.5. The molecular weight excluding hydrogens is 288 g/mol. The van der Waals surface area contributed by atoms with Crippen LogP contribution in [0.1, 0.15) is 44.1 Å². The number of aryl methyl sites for hydroxylation is 1. The first-order valence-corrected chi connectivity index (χ1v) is 8.59. The molecule has 0 aromatic heterocycles. The fourth-order valence-electron chi connectivity index (χ4n) is 2.94. The number of rotatable bonds is 6. The zero-order chi connectivity index (χ0) is 16.5. The molecule has 1 heterocycles. The topological polar surface area (TPSA) is 53.3 Å². The summed E-state index contributed by atoms with van der Waals surface area (Å²) >= 11 is 0. The Hall–Kier alpha value is -2.02. The van der Waals surface area contributed by atoms with Crippen molar-refractivity contribution in [2.75, 3.05) is 19.7 Å². The Morgan fingerprint density at radius 2 is 1.96 bits per heavy atom. The van der Waals surface area contributed by atoms with E-state index >= 15 is 0 Å². The molecule has 0 N–H and O–H groups in total. The van der Waals surface area contributed by atoms with Gasteiger partial charge in [-0.05, 0) is 44.2 Å². The summed E-state index contributed by atoms with van der Waals surface area (Å²) in [4.78, 5) is 14.3. The van der Waals surface area contributed by atoms with Crippen molar-refractivity contribution in [3.63, 3.8) is 0 Å². The highest BCUT2D eigenvalue weighted by molar-refractivity contribution is 5.81. The van der Waals surface area contributed by atoms with Crippen LogP contribution in [0.25, 0.3) is 0 Å². The van der Waals surface area contributed by atoms with E-state index in [9.17, 15) is 10.1 Å². The average Bonchev–Trinajstić information content (AvgIpc) is 2.85. The molecule has 1 aliphatic rings. The number of hydrogen-bond donors (Lipinski definition) is 0. The molecule has 1 aromatic carbocycles. The normalized spacial score (nSPS) is 16.3. The van der Waals surface area contributed by atoms with Gasteiger partial charge in [0.05, 0.1) is 12.7 Å². The molecule has 1 amide bonds. The number of likely N-dealkylation sites (tertiary alicyclic amines) is 1. The van der Waals surface area contributed by atoms with Crippen LogP contribution in [-0.2, 0) is 4.79 Å². The van der Waals surface area contributed by atoms with E-state index in [0.717, 1.165) is 37.2 Å². The van der Waals surface area contributed by atoms with Crippen molar-refractivity contribution in [2.45, 2.75) is 45.4 Å². The first kappa shape index (κ1) is 17.3. The molecule has 4 heteroatoms. The maximum Gasteiger partial charge on any atom is 0.239 e. The number of nitriles is 1. The van der Waals surface area contributed by atoms with Gasteiger partial charge >= 0.3 is 0 Å². The first-order valence-electron chi connectivity index (χ1n) is 8.59. The lowest BCUT2D eigenvalue weighted by atomic mass is 10.0. The molecule has 2 rings (SSSR count). The summed E-state index contributed by atoms with van der Waals surface area (Å²) < 4.78 is 5.74. The van der Waals surface area contributed by atoms with Crippen molar-refractivity contribution in [1.29, 1.82) is 5.26 Å². The maximum absolute atomic E-state index is 12.5. The van der Waals surface area contributed by atoms with Gasteiger partial charge in [-0.15, -0.1) is 0 Å². The van der Waals surface area contributed by atoms with Gasteiger partial charge < -0.3 is 9.64 Å². The Balaban J connectivity index is 1.77. The molecule has 1 aliphatic heterocycles. The molecule has 0 radical (unpaired) electrons. The first-order chi connectivity index (χ1) is 11.2. The van der Waals surface area contributed by atoms with Crippen molar-refractivity contribution in [2.24, 2.45) is 5.92 Å². The second-order valence-corrected chi connectivity index (χ2v) is 6.18. The Morgan fingerprint density at radius 3 is 2.61 bits per heavy atom. The Morgan fingerprint density at radius 1 is 1.26 bits per heavy atom. The van der Waals surface area contributed by atoms with Crippen LogP contribution < -0.4 is 4.74 Å². The van der Waals surface area contributed by atoms with Crippen LogP contribution in [0, 0.1) is 24.2 Å². The minimum atomic E-state index is -0.534. The quantitative estimate of drug-likeness (QED) is 0.752. The maximum atomic E-state index is 12.5. The Kier molecular flexibility index (Phi) is 6.93. The Bertz CT molecular complexity index is 543. The minimum absolute atomic E-state index is 0.00490. The van der Waals surface area contributed by atoms with Gasteiger partial charge in [-0.2, -0.15) is 5.26 Å². The van der Waals surface area contributed by atoms with Gasteiger partial charge in [-0.3, -0.25) is 4.79 Å². The molecule has 0 aliphatic carbocycles. The lowest BCUT2D eigenvalue weighted by Gasteiger charge is -2.22. The number of ether oxygens (including phenoxy) is 1. The second-order valence-electron chi connectivity index (χ2n) is 6.18. The van der Waals surface area contributed by atoms with Crippen molar-refractivity contribution in [3.8, 4) is 11.8 Å². The molecule has 1 atom stereocenters. The van der Waals surface area contributed by atoms with Crippen molar-refractivity contribution in [3.05, 3.63) is 29.8 Å². The fourth-order valence-corrected chi connectivity index (χ4v) is 2.94. The van der Waals surface area contributed by atoms with Gasteiger partial charge in [0, 0.05) is 13.1 Å². The molecule has 1 unspecified atom stereocenters. The molecule has 4 nitrogen and oxygen atoms in total. The van der Waals surface area contributed by atoms with Gasteiger partial charge in [-0.25, -0.2) is 0 Å². The van der Waals surface area contributed by atoms with E-state index in [1.54, 1.807) is 0 Å². The zero-order valence-corrected chi connectivity index (χ0v) is 14.0. The van der Waals surface area contributed by atoms with E-state index in [0.29, 0.717) is 19.4 Å². The van der Waals surface area contributed by atoms with Gasteiger partial charge in [0.25, 0.3) is 0 Å². The van der Waals surface area contributed by atoms with Crippen LogP contribution in [0.15, 0.2) is 24.3 Å². The summed E-state index contributed by atoms with van der Waals surface area (Å²) in [6, 6.07) is 10.1. The molecule has 0 saturated carbocycles. The van der Waals surface area contributed by atoms with E-state index in [2.05, 4.69) is 6.07 Å². The van der Waals surface area contributed by atoms with Gasteiger partial charge in [-0.1, -0.05) is 31.0 Å². The van der Waals surface area contributed by atoms with Crippen LogP contribution in [-0.4, -0.2) is 30.5 Å². The van der Waals surface area contributed by atoms with Crippen LogP contribution >= 0.6 is 0 Å². The number of benzene rings is 1. The zero-order valence-electron chi connectivity index (χ0n) is 14.0. The highest BCUT2D eigenvalue weighted by Crippen LogP contribution is 2.18. The van der Waals surface area contributed by atoms with E-state index in [-0.39, 0.29) is 5.91 Å². The third kappa shape index (κ3) is 5.28. The van der Waals surface area contributed by atoms with Crippen molar-refractivity contribution >= 4 is 5.91 Å². The summed E-state index contributed by atoms with van der Waals surface area (Å²) in [6.45, 7) is 4.15. The average molecular weight is 314 g/mol. The highest BCUT2D eigenvalue weighted by Gasteiger charge is 2.24. The predicted molar refractivity (Wildman–Crippen MR) is 90.1 cm³/mol. The van der Waals surface area contributed by atoms with Crippen LogP contribution in [0.5, 0.6) is 5.75 Å². The van der Waals surface area contributed by atoms with E-state index in [1.807, 2.05) is 36.1 Å². The summed E-state index contributed by atoms with van der Waals surface area (Å²) in [5, 5.41) is 9.32.